The van der Waals surface area contributed by atoms with Crippen LogP contribution in [0.25, 0.3) is 0 Å². The van der Waals surface area contributed by atoms with Gasteiger partial charge in [0.25, 0.3) is 0 Å². The Hall–Kier alpha value is -2.85. The molecule has 8 nitrogen and oxygen atoms in total. The maximum atomic E-state index is 13.2. The van der Waals surface area contributed by atoms with Crippen LogP contribution in [-0.2, 0) is 21.4 Å². The third-order valence-electron chi connectivity index (χ3n) is 5.37. The van der Waals surface area contributed by atoms with E-state index >= 15 is 0 Å². The molecule has 1 saturated heterocycles. The summed E-state index contributed by atoms with van der Waals surface area (Å²) in [6, 6.07) is 7.20. The van der Waals surface area contributed by atoms with E-state index in [1.807, 2.05) is 0 Å². The highest BCUT2D eigenvalue weighted by Gasteiger charge is 2.37. The number of amides is 1. The van der Waals surface area contributed by atoms with Crippen LogP contribution in [0.2, 0.25) is 0 Å². The van der Waals surface area contributed by atoms with Crippen molar-refractivity contribution in [2.24, 2.45) is 0 Å². The third-order valence-corrected chi connectivity index (χ3v) is 7.29. The average Bonchev–Trinajstić information content (AvgIpc) is 2.81. The predicted molar refractivity (Wildman–Crippen MR) is 116 cm³/mol. The fraction of sp³-hybridized carbons (Fsp3) is 0.409. The van der Waals surface area contributed by atoms with Crippen molar-refractivity contribution in [2.75, 3.05) is 27.9 Å². The second kappa shape index (κ2) is 10.2. The molecule has 0 radical (unpaired) electrons. The maximum Gasteiger partial charge on any atom is 0.243 e. The summed E-state index contributed by atoms with van der Waals surface area (Å²) in [7, 11) is 0.564. The molecule has 1 fully saturated rings. The Morgan fingerprint density at radius 1 is 1.06 bits per heavy atom. The molecule has 174 valence electrons. The number of benzene rings is 2. The number of carbonyl (C=O) groups excluding carboxylic acids is 1. The van der Waals surface area contributed by atoms with E-state index in [1.165, 1.54) is 37.8 Å². The van der Waals surface area contributed by atoms with E-state index in [1.54, 1.807) is 12.1 Å². The SMILES string of the molecule is COc1cc(CNC(=O)[C@H]2CCCCN2S(=O)(=O)c2ccc(F)cc2)cc(OC)c1OC. The monoisotopic (exact) mass is 466 g/mol. The molecule has 0 aromatic heterocycles. The Kier molecular flexibility index (Phi) is 7.57. The minimum Gasteiger partial charge on any atom is -0.493 e. The van der Waals surface area contributed by atoms with Crippen LogP contribution in [0.1, 0.15) is 24.8 Å². The van der Waals surface area contributed by atoms with Crippen LogP contribution in [0.5, 0.6) is 17.2 Å². The molecule has 2 aromatic carbocycles. The fourth-order valence-electron chi connectivity index (χ4n) is 3.74. The number of halogens is 1. The van der Waals surface area contributed by atoms with Gasteiger partial charge < -0.3 is 19.5 Å². The molecule has 2 aromatic rings. The number of piperidine rings is 1. The lowest BCUT2D eigenvalue weighted by molar-refractivity contribution is -0.125. The van der Waals surface area contributed by atoms with Gasteiger partial charge in [-0.05, 0) is 54.8 Å². The van der Waals surface area contributed by atoms with Crippen LogP contribution in [0.15, 0.2) is 41.3 Å². The van der Waals surface area contributed by atoms with E-state index in [0.29, 0.717) is 35.7 Å². The maximum absolute atomic E-state index is 13.2. The van der Waals surface area contributed by atoms with Crippen molar-refractivity contribution in [3.05, 3.63) is 47.8 Å². The topological polar surface area (TPSA) is 94.2 Å². The molecule has 3 rings (SSSR count). The molecular weight excluding hydrogens is 439 g/mol. The Morgan fingerprint density at radius 3 is 2.25 bits per heavy atom. The van der Waals surface area contributed by atoms with E-state index in [2.05, 4.69) is 5.32 Å². The lowest BCUT2D eigenvalue weighted by Gasteiger charge is -2.33. The van der Waals surface area contributed by atoms with Crippen molar-refractivity contribution in [1.82, 2.24) is 9.62 Å². The van der Waals surface area contributed by atoms with Crippen molar-refractivity contribution < 1.29 is 31.8 Å². The smallest absolute Gasteiger partial charge is 0.243 e. The molecule has 1 amide bonds. The normalized spacial score (nSPS) is 16.9. The highest BCUT2D eigenvalue weighted by Crippen LogP contribution is 2.38. The van der Waals surface area contributed by atoms with Crippen molar-refractivity contribution in [1.29, 1.82) is 0 Å². The summed E-state index contributed by atoms with van der Waals surface area (Å²) < 4.78 is 56.6. The van der Waals surface area contributed by atoms with Gasteiger partial charge in [-0.2, -0.15) is 4.31 Å². The highest BCUT2D eigenvalue weighted by molar-refractivity contribution is 7.89. The second-order valence-electron chi connectivity index (χ2n) is 7.33. The zero-order chi connectivity index (χ0) is 23.3. The Balaban J connectivity index is 1.78. The molecule has 0 unspecified atom stereocenters. The molecule has 10 heteroatoms. The first-order valence-corrected chi connectivity index (χ1v) is 11.6. The van der Waals surface area contributed by atoms with Gasteiger partial charge in [0.2, 0.25) is 21.7 Å². The molecule has 1 aliphatic rings. The molecule has 1 N–H and O–H groups in total. The lowest BCUT2D eigenvalue weighted by Crippen LogP contribution is -2.51. The Bertz CT molecular complexity index is 1030. The first kappa shape index (κ1) is 23.8. The molecule has 0 bridgehead atoms. The number of hydrogen-bond donors (Lipinski definition) is 1. The summed E-state index contributed by atoms with van der Waals surface area (Å²) in [5.41, 5.74) is 0.705. The van der Waals surface area contributed by atoms with Gasteiger partial charge in [0.15, 0.2) is 11.5 Å². The van der Waals surface area contributed by atoms with Crippen molar-refractivity contribution >= 4 is 15.9 Å². The Morgan fingerprint density at radius 2 is 1.69 bits per heavy atom. The minimum absolute atomic E-state index is 0.0387. The molecular formula is C22H27FN2O6S. The minimum atomic E-state index is -3.94. The summed E-state index contributed by atoms with van der Waals surface area (Å²) in [5, 5.41) is 2.81. The quantitative estimate of drug-likeness (QED) is 0.643. The van der Waals surface area contributed by atoms with Crippen LogP contribution in [0, 0.1) is 5.82 Å². The van der Waals surface area contributed by atoms with Crippen LogP contribution >= 0.6 is 0 Å². The molecule has 32 heavy (non-hydrogen) atoms. The molecule has 0 saturated carbocycles. The van der Waals surface area contributed by atoms with Gasteiger partial charge in [-0.25, -0.2) is 12.8 Å². The van der Waals surface area contributed by atoms with Crippen molar-refractivity contribution in [2.45, 2.75) is 36.7 Å². The summed E-state index contributed by atoms with van der Waals surface area (Å²) in [4.78, 5) is 12.9. The highest BCUT2D eigenvalue weighted by atomic mass is 32.2. The van der Waals surface area contributed by atoms with Gasteiger partial charge >= 0.3 is 0 Å². The number of nitrogens with zero attached hydrogens (tertiary/aromatic N) is 1. The number of rotatable bonds is 8. The van der Waals surface area contributed by atoms with E-state index in [0.717, 1.165) is 18.6 Å². The standard InChI is InChI=1S/C22H27FN2O6S/c1-29-19-12-15(13-20(30-2)21(19)31-3)14-24-22(26)18-6-4-5-11-25(18)32(27,28)17-9-7-16(23)8-10-17/h7-10,12-13,18H,4-6,11,14H2,1-3H3,(H,24,26)/t18-/m1/s1. The number of sulfonamides is 1. The van der Waals surface area contributed by atoms with E-state index in [4.69, 9.17) is 14.2 Å². The lowest BCUT2D eigenvalue weighted by atomic mass is 10.0. The molecule has 0 spiro atoms. The molecule has 1 atom stereocenters. The predicted octanol–water partition coefficient (Wildman–Crippen LogP) is 2.71. The van der Waals surface area contributed by atoms with Gasteiger partial charge in [0, 0.05) is 13.1 Å². The summed E-state index contributed by atoms with van der Waals surface area (Å²) in [6.45, 7) is 0.373. The van der Waals surface area contributed by atoms with Gasteiger partial charge in [-0.15, -0.1) is 0 Å². The number of methoxy groups -OCH3 is 3. The van der Waals surface area contributed by atoms with Crippen LogP contribution in [-0.4, -0.2) is 52.5 Å². The first-order valence-electron chi connectivity index (χ1n) is 10.2. The van der Waals surface area contributed by atoms with Crippen molar-refractivity contribution in [3.63, 3.8) is 0 Å². The van der Waals surface area contributed by atoms with Crippen molar-refractivity contribution in [3.8, 4) is 17.2 Å². The van der Waals surface area contributed by atoms with E-state index in [-0.39, 0.29) is 18.0 Å². The van der Waals surface area contributed by atoms with Gasteiger partial charge in [-0.1, -0.05) is 6.42 Å². The Labute approximate surface area is 187 Å². The van der Waals surface area contributed by atoms with Gasteiger partial charge in [-0.3, -0.25) is 4.79 Å². The van der Waals surface area contributed by atoms with Gasteiger partial charge in [0.05, 0.1) is 26.2 Å². The number of hydrogen-bond acceptors (Lipinski definition) is 6. The number of carbonyl (C=O) groups is 1. The number of nitrogens with one attached hydrogen (secondary N) is 1. The molecule has 1 aliphatic heterocycles. The van der Waals surface area contributed by atoms with Gasteiger partial charge in [0.1, 0.15) is 11.9 Å². The summed E-state index contributed by atoms with van der Waals surface area (Å²) in [6.07, 6.45) is 1.79. The largest absolute Gasteiger partial charge is 0.493 e. The summed E-state index contributed by atoms with van der Waals surface area (Å²) >= 11 is 0. The zero-order valence-corrected chi connectivity index (χ0v) is 19.1. The van der Waals surface area contributed by atoms with E-state index < -0.39 is 27.8 Å². The summed E-state index contributed by atoms with van der Waals surface area (Å²) in [5.74, 6) is 0.420. The number of ether oxygens (including phenoxy) is 3. The third kappa shape index (κ3) is 4.97. The molecule has 1 heterocycles. The van der Waals surface area contributed by atoms with Crippen LogP contribution < -0.4 is 19.5 Å². The van der Waals surface area contributed by atoms with Crippen LogP contribution in [0.3, 0.4) is 0 Å². The second-order valence-corrected chi connectivity index (χ2v) is 9.22. The zero-order valence-electron chi connectivity index (χ0n) is 18.3. The molecule has 0 aliphatic carbocycles. The average molecular weight is 467 g/mol. The van der Waals surface area contributed by atoms with E-state index in [9.17, 15) is 17.6 Å². The fourth-order valence-corrected chi connectivity index (χ4v) is 5.40. The first-order chi connectivity index (χ1) is 15.3. The van der Waals surface area contributed by atoms with Crippen LogP contribution in [0.4, 0.5) is 4.39 Å².